The van der Waals surface area contributed by atoms with Crippen molar-refractivity contribution in [1.82, 2.24) is 0 Å². The second kappa shape index (κ2) is 4.38. The van der Waals surface area contributed by atoms with Gasteiger partial charge in [-0.25, -0.2) is 0 Å². The summed E-state index contributed by atoms with van der Waals surface area (Å²) in [5.74, 6) is -0.323. The molecule has 0 bridgehead atoms. The molecule has 1 aromatic carbocycles. The van der Waals surface area contributed by atoms with Crippen LogP contribution in [0.25, 0.3) is 0 Å². The highest BCUT2D eigenvalue weighted by Gasteiger charge is 2.19. The van der Waals surface area contributed by atoms with Crippen LogP contribution in [0.5, 0.6) is 0 Å². The van der Waals surface area contributed by atoms with Gasteiger partial charge in [-0.15, -0.1) is 0 Å². The van der Waals surface area contributed by atoms with Crippen LogP contribution in [-0.2, 0) is 4.79 Å². The van der Waals surface area contributed by atoms with Crippen LogP contribution in [0.1, 0.15) is 31.1 Å². The van der Waals surface area contributed by atoms with Crippen molar-refractivity contribution in [2.24, 2.45) is 5.92 Å². The summed E-state index contributed by atoms with van der Waals surface area (Å²) in [6, 6.07) is 7.61. The molecule has 2 nitrogen and oxygen atoms in total. The molecule has 0 spiro atoms. The maximum absolute atomic E-state index is 11.1. The minimum absolute atomic E-state index is 0.0130. The van der Waals surface area contributed by atoms with Gasteiger partial charge >= 0.3 is 0 Å². The zero-order valence-corrected chi connectivity index (χ0v) is 8.82. The lowest BCUT2D eigenvalue weighted by Crippen LogP contribution is -2.16. The summed E-state index contributed by atoms with van der Waals surface area (Å²) < 4.78 is 0. The number of carbonyl (C=O) groups excluding carboxylic acids is 1. The smallest absolute Gasteiger partial charge is 0.135 e. The van der Waals surface area contributed by atoms with E-state index >= 15 is 0 Å². The third-order valence-electron chi connectivity index (χ3n) is 2.50. The van der Waals surface area contributed by atoms with Gasteiger partial charge in [0.05, 0.1) is 6.10 Å². The first-order valence-corrected chi connectivity index (χ1v) is 4.77. The Kier molecular flexibility index (Phi) is 3.42. The van der Waals surface area contributed by atoms with E-state index in [2.05, 4.69) is 0 Å². The van der Waals surface area contributed by atoms with E-state index in [-0.39, 0.29) is 11.7 Å². The van der Waals surface area contributed by atoms with Crippen LogP contribution in [0.3, 0.4) is 0 Å². The largest absolute Gasteiger partial charge is 0.388 e. The Morgan fingerprint density at radius 3 is 2.57 bits per heavy atom. The standard InChI is InChI=1S/C12H16O2/c1-8-5-4-6-11(7-8)12(14)9(2)10(3)13/h4-7,9,12,14H,1-3H3. The summed E-state index contributed by atoms with van der Waals surface area (Å²) >= 11 is 0. The van der Waals surface area contributed by atoms with Crippen molar-refractivity contribution in [3.63, 3.8) is 0 Å². The van der Waals surface area contributed by atoms with Gasteiger partial charge in [0.1, 0.15) is 5.78 Å². The van der Waals surface area contributed by atoms with Gasteiger partial charge in [0.2, 0.25) is 0 Å². The maximum Gasteiger partial charge on any atom is 0.135 e. The van der Waals surface area contributed by atoms with Gasteiger partial charge in [-0.2, -0.15) is 0 Å². The molecular formula is C12H16O2. The first kappa shape index (κ1) is 10.9. The van der Waals surface area contributed by atoms with Gasteiger partial charge < -0.3 is 5.11 Å². The molecule has 2 heteroatoms. The zero-order chi connectivity index (χ0) is 10.7. The molecule has 0 aliphatic rings. The van der Waals surface area contributed by atoms with Gasteiger partial charge in [-0.05, 0) is 19.4 Å². The van der Waals surface area contributed by atoms with Crippen LogP contribution in [0.2, 0.25) is 0 Å². The quantitative estimate of drug-likeness (QED) is 0.797. The second-order valence-corrected chi connectivity index (χ2v) is 3.76. The van der Waals surface area contributed by atoms with Crippen LogP contribution < -0.4 is 0 Å². The summed E-state index contributed by atoms with van der Waals surface area (Å²) in [5, 5.41) is 9.86. The average Bonchev–Trinajstić information content (AvgIpc) is 2.15. The predicted molar refractivity (Wildman–Crippen MR) is 56.0 cm³/mol. The minimum Gasteiger partial charge on any atom is -0.388 e. The maximum atomic E-state index is 11.1. The van der Waals surface area contributed by atoms with E-state index in [1.165, 1.54) is 6.92 Å². The number of hydrogen-bond acceptors (Lipinski definition) is 2. The summed E-state index contributed by atoms with van der Waals surface area (Å²) in [7, 11) is 0. The number of aliphatic hydroxyl groups excluding tert-OH is 1. The Hall–Kier alpha value is -1.15. The molecule has 1 rings (SSSR count). The van der Waals surface area contributed by atoms with E-state index in [1.54, 1.807) is 6.92 Å². The van der Waals surface area contributed by atoms with E-state index in [0.717, 1.165) is 11.1 Å². The molecule has 1 aromatic rings. The zero-order valence-electron chi connectivity index (χ0n) is 8.82. The fourth-order valence-electron chi connectivity index (χ4n) is 1.37. The molecule has 0 aromatic heterocycles. The number of hydrogen-bond donors (Lipinski definition) is 1. The Balaban J connectivity index is 2.89. The highest BCUT2D eigenvalue weighted by Crippen LogP contribution is 2.22. The molecule has 0 saturated heterocycles. The summed E-state index contributed by atoms with van der Waals surface area (Å²) in [6.07, 6.45) is -0.688. The van der Waals surface area contributed by atoms with Crippen molar-refractivity contribution in [2.75, 3.05) is 0 Å². The number of rotatable bonds is 3. The fourth-order valence-corrected chi connectivity index (χ4v) is 1.37. The van der Waals surface area contributed by atoms with Crippen LogP contribution in [-0.4, -0.2) is 10.9 Å². The van der Waals surface area contributed by atoms with E-state index in [9.17, 15) is 9.90 Å². The summed E-state index contributed by atoms with van der Waals surface area (Å²) in [5.41, 5.74) is 1.91. The Bertz CT molecular complexity index is 331. The van der Waals surface area contributed by atoms with Crippen LogP contribution in [0, 0.1) is 12.8 Å². The Labute approximate surface area is 84.6 Å². The topological polar surface area (TPSA) is 37.3 Å². The average molecular weight is 192 g/mol. The van der Waals surface area contributed by atoms with Crippen molar-refractivity contribution >= 4 is 5.78 Å². The molecule has 14 heavy (non-hydrogen) atoms. The molecule has 0 radical (unpaired) electrons. The third kappa shape index (κ3) is 2.42. The van der Waals surface area contributed by atoms with Crippen molar-refractivity contribution in [2.45, 2.75) is 26.9 Å². The van der Waals surface area contributed by atoms with Gasteiger partial charge in [0.15, 0.2) is 0 Å². The lowest BCUT2D eigenvalue weighted by atomic mass is 9.94. The minimum atomic E-state index is -0.688. The van der Waals surface area contributed by atoms with E-state index in [1.807, 2.05) is 31.2 Å². The van der Waals surface area contributed by atoms with Crippen molar-refractivity contribution < 1.29 is 9.90 Å². The summed E-state index contributed by atoms with van der Waals surface area (Å²) in [4.78, 5) is 11.1. The third-order valence-corrected chi connectivity index (χ3v) is 2.50. The highest BCUT2D eigenvalue weighted by atomic mass is 16.3. The number of ketones is 1. The predicted octanol–water partition coefficient (Wildman–Crippen LogP) is 2.25. The molecule has 0 heterocycles. The molecule has 2 atom stereocenters. The SMILES string of the molecule is CC(=O)C(C)C(O)c1cccc(C)c1. The van der Waals surface area contributed by atoms with E-state index < -0.39 is 6.10 Å². The molecular weight excluding hydrogens is 176 g/mol. The first-order chi connectivity index (χ1) is 6.52. The Morgan fingerprint density at radius 1 is 1.43 bits per heavy atom. The molecule has 0 aliphatic heterocycles. The first-order valence-electron chi connectivity index (χ1n) is 4.77. The van der Waals surface area contributed by atoms with E-state index in [0.29, 0.717) is 0 Å². The molecule has 0 fully saturated rings. The van der Waals surface area contributed by atoms with E-state index in [4.69, 9.17) is 0 Å². The van der Waals surface area contributed by atoms with Crippen molar-refractivity contribution in [1.29, 1.82) is 0 Å². The Morgan fingerprint density at radius 2 is 2.07 bits per heavy atom. The molecule has 1 N–H and O–H groups in total. The number of benzene rings is 1. The molecule has 0 saturated carbocycles. The number of Topliss-reactive ketones (excluding diaryl/α,β-unsaturated/α-hetero) is 1. The lowest BCUT2D eigenvalue weighted by molar-refractivity contribution is -0.123. The van der Waals surface area contributed by atoms with Gasteiger partial charge in [0.25, 0.3) is 0 Å². The number of aliphatic hydroxyl groups is 1. The van der Waals surface area contributed by atoms with Crippen LogP contribution >= 0.6 is 0 Å². The number of aryl methyl sites for hydroxylation is 1. The van der Waals surface area contributed by atoms with Crippen LogP contribution in [0.15, 0.2) is 24.3 Å². The highest BCUT2D eigenvalue weighted by molar-refractivity contribution is 5.78. The molecule has 0 aliphatic carbocycles. The van der Waals surface area contributed by atoms with Gasteiger partial charge in [-0.1, -0.05) is 36.8 Å². The monoisotopic (exact) mass is 192 g/mol. The fraction of sp³-hybridized carbons (Fsp3) is 0.417. The molecule has 76 valence electrons. The van der Waals surface area contributed by atoms with Crippen molar-refractivity contribution in [3.05, 3.63) is 35.4 Å². The molecule has 2 unspecified atom stereocenters. The summed E-state index contributed by atoms with van der Waals surface area (Å²) in [6.45, 7) is 5.22. The lowest BCUT2D eigenvalue weighted by Gasteiger charge is -2.16. The molecule has 0 amide bonds. The van der Waals surface area contributed by atoms with Crippen molar-refractivity contribution in [3.8, 4) is 0 Å². The van der Waals surface area contributed by atoms with Gasteiger partial charge in [0, 0.05) is 5.92 Å². The number of carbonyl (C=O) groups is 1. The van der Waals surface area contributed by atoms with Gasteiger partial charge in [-0.3, -0.25) is 4.79 Å². The second-order valence-electron chi connectivity index (χ2n) is 3.76. The van der Waals surface area contributed by atoms with Crippen LogP contribution in [0.4, 0.5) is 0 Å². The normalized spacial score (nSPS) is 14.9.